The molecule has 0 unspecified atom stereocenters. The fraction of sp³-hybridized carbons (Fsp3) is 0.222. The van der Waals surface area contributed by atoms with Crippen LogP contribution >= 0.6 is 11.6 Å². The molecule has 1 rings (SSSR count). The molecule has 0 N–H and O–H groups in total. The Morgan fingerprint density at radius 1 is 1.27 bits per heavy atom. The van der Waals surface area contributed by atoms with E-state index in [-0.39, 0.29) is 0 Å². The van der Waals surface area contributed by atoms with Crippen molar-refractivity contribution in [1.29, 1.82) is 5.26 Å². The number of hydrogen-bond donors (Lipinski definition) is 0. The molecule has 11 heavy (non-hydrogen) atoms. The summed E-state index contributed by atoms with van der Waals surface area (Å²) in [6.45, 7) is 3.83. The summed E-state index contributed by atoms with van der Waals surface area (Å²) in [7, 11) is 0. The van der Waals surface area contributed by atoms with Crippen molar-refractivity contribution in [2.24, 2.45) is 0 Å². The molecule has 0 bridgehead atoms. The van der Waals surface area contributed by atoms with Gasteiger partial charge >= 0.3 is 0 Å². The van der Waals surface area contributed by atoms with Crippen molar-refractivity contribution in [3.05, 3.63) is 33.8 Å². The molecule has 0 amide bonds. The predicted molar refractivity (Wildman–Crippen MR) is 45.6 cm³/mol. The summed E-state index contributed by atoms with van der Waals surface area (Å²) in [4.78, 5) is 0. The first kappa shape index (κ1) is 8.10. The molecule has 0 fully saturated rings. The number of rotatable bonds is 0. The lowest BCUT2D eigenvalue weighted by atomic mass is 10.1. The highest BCUT2D eigenvalue weighted by Gasteiger charge is 2.00. The van der Waals surface area contributed by atoms with E-state index in [1.807, 2.05) is 19.9 Å². The van der Waals surface area contributed by atoms with Crippen molar-refractivity contribution >= 4 is 11.6 Å². The highest BCUT2D eigenvalue weighted by Crippen LogP contribution is 2.19. The van der Waals surface area contributed by atoms with Crippen LogP contribution in [0.4, 0.5) is 0 Å². The fourth-order valence-corrected chi connectivity index (χ4v) is 1.11. The lowest BCUT2D eigenvalue weighted by molar-refractivity contribution is 1.34. The average molecular weight is 166 g/mol. The van der Waals surface area contributed by atoms with Gasteiger partial charge in [-0.05, 0) is 31.0 Å². The van der Waals surface area contributed by atoms with Crippen molar-refractivity contribution in [3.8, 4) is 6.07 Å². The third kappa shape index (κ3) is 1.53. The molecule has 0 heterocycles. The molecule has 0 saturated carbocycles. The van der Waals surface area contributed by atoms with E-state index in [0.717, 1.165) is 11.1 Å². The van der Waals surface area contributed by atoms with Gasteiger partial charge in [0, 0.05) is 5.02 Å². The summed E-state index contributed by atoms with van der Waals surface area (Å²) >= 11 is 5.81. The normalized spacial score (nSPS) is 9.27. The van der Waals surface area contributed by atoms with E-state index < -0.39 is 0 Å². The Balaban J connectivity index is 3.35. The van der Waals surface area contributed by atoms with Crippen LogP contribution in [-0.4, -0.2) is 0 Å². The summed E-state index contributed by atoms with van der Waals surface area (Å²) in [5.41, 5.74) is 2.65. The number of benzene rings is 1. The zero-order valence-electron chi connectivity index (χ0n) is 6.48. The van der Waals surface area contributed by atoms with E-state index in [1.54, 1.807) is 6.07 Å². The average Bonchev–Trinajstić information content (AvgIpc) is 1.97. The Labute approximate surface area is 71.2 Å². The van der Waals surface area contributed by atoms with Gasteiger partial charge in [-0.15, -0.1) is 0 Å². The van der Waals surface area contributed by atoms with Crippen LogP contribution in [0.15, 0.2) is 12.1 Å². The van der Waals surface area contributed by atoms with Crippen molar-refractivity contribution in [3.63, 3.8) is 0 Å². The zero-order valence-corrected chi connectivity index (χ0v) is 7.24. The minimum atomic E-state index is 0.653. The molecule has 0 radical (unpaired) electrons. The maximum absolute atomic E-state index is 8.63. The van der Waals surface area contributed by atoms with E-state index in [0.29, 0.717) is 10.6 Å². The maximum atomic E-state index is 8.63. The van der Waals surface area contributed by atoms with E-state index in [9.17, 15) is 0 Å². The number of aryl methyl sites for hydroxylation is 2. The molecule has 0 aliphatic heterocycles. The standard InChI is InChI=1S/C9H8ClN/c1-6-3-7(2)9(10)4-8(6)5-11/h3-4H,1-2H3. The second-order valence-electron chi connectivity index (χ2n) is 2.53. The van der Waals surface area contributed by atoms with Gasteiger partial charge in [0.1, 0.15) is 0 Å². The van der Waals surface area contributed by atoms with E-state index in [2.05, 4.69) is 6.07 Å². The van der Waals surface area contributed by atoms with Gasteiger partial charge in [-0.1, -0.05) is 17.7 Å². The maximum Gasteiger partial charge on any atom is 0.0994 e. The fourth-order valence-electron chi connectivity index (χ4n) is 0.946. The largest absolute Gasteiger partial charge is 0.192 e. The van der Waals surface area contributed by atoms with Crippen LogP contribution < -0.4 is 0 Å². The summed E-state index contributed by atoms with van der Waals surface area (Å²) in [5, 5.41) is 9.28. The number of nitrogens with zero attached hydrogens (tertiary/aromatic N) is 1. The van der Waals surface area contributed by atoms with Crippen LogP contribution in [0, 0.1) is 25.2 Å². The Kier molecular flexibility index (Phi) is 2.16. The van der Waals surface area contributed by atoms with Crippen molar-refractivity contribution in [1.82, 2.24) is 0 Å². The SMILES string of the molecule is Cc1cc(C)c(C#N)cc1Cl. The van der Waals surface area contributed by atoms with Gasteiger partial charge < -0.3 is 0 Å². The molecule has 1 aromatic rings. The molecule has 2 heteroatoms. The summed E-state index contributed by atoms with van der Waals surface area (Å²) < 4.78 is 0. The smallest absolute Gasteiger partial charge is 0.0994 e. The molecule has 0 saturated heterocycles. The molecule has 0 atom stereocenters. The van der Waals surface area contributed by atoms with Crippen molar-refractivity contribution in [2.75, 3.05) is 0 Å². The molecule has 1 nitrogen and oxygen atoms in total. The van der Waals surface area contributed by atoms with Crippen LogP contribution in [0.2, 0.25) is 5.02 Å². The van der Waals surface area contributed by atoms with Crippen LogP contribution in [-0.2, 0) is 0 Å². The Hall–Kier alpha value is -1.00. The minimum Gasteiger partial charge on any atom is -0.192 e. The van der Waals surface area contributed by atoms with Crippen molar-refractivity contribution < 1.29 is 0 Å². The van der Waals surface area contributed by atoms with Crippen LogP contribution in [0.5, 0.6) is 0 Å². The van der Waals surface area contributed by atoms with E-state index in [4.69, 9.17) is 16.9 Å². The lowest BCUT2D eigenvalue weighted by Gasteiger charge is -2.00. The van der Waals surface area contributed by atoms with Gasteiger partial charge in [0.2, 0.25) is 0 Å². The number of nitriles is 1. The van der Waals surface area contributed by atoms with E-state index >= 15 is 0 Å². The van der Waals surface area contributed by atoms with Crippen LogP contribution in [0.3, 0.4) is 0 Å². The van der Waals surface area contributed by atoms with Gasteiger partial charge in [-0.3, -0.25) is 0 Å². The van der Waals surface area contributed by atoms with Gasteiger partial charge in [0.15, 0.2) is 0 Å². The summed E-state index contributed by atoms with van der Waals surface area (Å²) in [6.07, 6.45) is 0. The number of halogens is 1. The molecule has 0 aliphatic rings. The third-order valence-corrected chi connectivity index (χ3v) is 2.03. The molecule has 0 aliphatic carbocycles. The second kappa shape index (κ2) is 2.94. The molecular formula is C9H8ClN. The van der Waals surface area contributed by atoms with Gasteiger partial charge in [-0.2, -0.15) is 5.26 Å². The second-order valence-corrected chi connectivity index (χ2v) is 2.94. The van der Waals surface area contributed by atoms with Gasteiger partial charge in [0.25, 0.3) is 0 Å². The predicted octanol–water partition coefficient (Wildman–Crippen LogP) is 2.83. The van der Waals surface area contributed by atoms with Crippen LogP contribution in [0.1, 0.15) is 16.7 Å². The Morgan fingerprint density at radius 3 is 2.45 bits per heavy atom. The van der Waals surface area contributed by atoms with Gasteiger partial charge in [0.05, 0.1) is 11.6 Å². The molecule has 1 aromatic carbocycles. The Morgan fingerprint density at radius 2 is 1.91 bits per heavy atom. The third-order valence-electron chi connectivity index (χ3n) is 1.63. The molecule has 0 spiro atoms. The van der Waals surface area contributed by atoms with E-state index in [1.165, 1.54) is 0 Å². The first-order valence-electron chi connectivity index (χ1n) is 3.32. The zero-order chi connectivity index (χ0) is 8.43. The van der Waals surface area contributed by atoms with Crippen molar-refractivity contribution in [2.45, 2.75) is 13.8 Å². The summed E-state index contributed by atoms with van der Waals surface area (Å²) in [5.74, 6) is 0. The highest BCUT2D eigenvalue weighted by molar-refractivity contribution is 6.31. The topological polar surface area (TPSA) is 23.8 Å². The number of hydrogen-bond acceptors (Lipinski definition) is 1. The first-order valence-corrected chi connectivity index (χ1v) is 3.70. The Bertz CT molecular complexity index is 323. The first-order chi connectivity index (χ1) is 5.15. The quantitative estimate of drug-likeness (QED) is 0.580. The highest BCUT2D eigenvalue weighted by atomic mass is 35.5. The summed E-state index contributed by atoms with van der Waals surface area (Å²) in [6, 6.07) is 5.70. The molecule has 0 aromatic heterocycles. The van der Waals surface area contributed by atoms with Gasteiger partial charge in [-0.25, -0.2) is 0 Å². The minimum absolute atomic E-state index is 0.653. The molecule has 56 valence electrons. The lowest BCUT2D eigenvalue weighted by Crippen LogP contribution is -1.84. The van der Waals surface area contributed by atoms with Crippen LogP contribution in [0.25, 0.3) is 0 Å². The monoisotopic (exact) mass is 165 g/mol. The molecular weight excluding hydrogens is 158 g/mol.